The molecule has 0 aliphatic heterocycles. The van der Waals surface area contributed by atoms with Gasteiger partial charge < -0.3 is 5.73 Å². The molecule has 0 fully saturated rings. The van der Waals surface area contributed by atoms with Crippen molar-refractivity contribution in [2.24, 2.45) is 5.73 Å². The minimum atomic E-state index is -1.61. The molecule has 0 amide bonds. The zero-order valence-electron chi connectivity index (χ0n) is 10.8. The summed E-state index contributed by atoms with van der Waals surface area (Å²) in [5.74, 6) is 0. The van der Waals surface area contributed by atoms with E-state index in [4.69, 9.17) is 5.73 Å². The lowest BCUT2D eigenvalue weighted by Crippen LogP contribution is -2.32. The van der Waals surface area contributed by atoms with Crippen molar-refractivity contribution in [3.63, 3.8) is 0 Å². The van der Waals surface area contributed by atoms with Gasteiger partial charge in [0.05, 0.1) is 0 Å². The third-order valence-corrected chi connectivity index (χ3v) is 3.32. The summed E-state index contributed by atoms with van der Waals surface area (Å²) in [6.07, 6.45) is 0. The van der Waals surface area contributed by atoms with Crippen LogP contribution in [0.4, 0.5) is 4.39 Å². The Kier molecular flexibility index (Phi) is 3.48. The van der Waals surface area contributed by atoms with Crippen LogP contribution < -0.4 is 5.73 Å². The molecule has 1 atom stereocenters. The number of rotatable bonds is 3. The highest BCUT2D eigenvalue weighted by Gasteiger charge is 2.33. The van der Waals surface area contributed by atoms with Crippen LogP contribution in [0.2, 0.25) is 0 Å². The molecular formula is C16H18FN. The second kappa shape index (κ2) is 4.91. The summed E-state index contributed by atoms with van der Waals surface area (Å²) in [7, 11) is 0. The summed E-state index contributed by atoms with van der Waals surface area (Å²) in [5, 5.41) is 0. The van der Waals surface area contributed by atoms with Crippen molar-refractivity contribution in [1.82, 2.24) is 0 Å². The molecule has 0 saturated carbocycles. The SMILES string of the molecule is Cc1ccc(C(F)(CN)c2ccccc2)c(C)c1. The van der Waals surface area contributed by atoms with Crippen LogP contribution in [0.25, 0.3) is 0 Å². The fourth-order valence-electron chi connectivity index (χ4n) is 2.34. The van der Waals surface area contributed by atoms with E-state index in [2.05, 4.69) is 0 Å². The number of aryl methyl sites for hydroxylation is 2. The molecule has 0 aromatic heterocycles. The average molecular weight is 243 g/mol. The normalized spacial score (nSPS) is 14.2. The van der Waals surface area contributed by atoms with Crippen LogP contribution in [0.1, 0.15) is 22.3 Å². The van der Waals surface area contributed by atoms with Gasteiger partial charge in [-0.25, -0.2) is 4.39 Å². The quantitative estimate of drug-likeness (QED) is 0.877. The van der Waals surface area contributed by atoms with Crippen molar-refractivity contribution in [2.45, 2.75) is 19.5 Å². The molecule has 2 aromatic carbocycles. The second-order valence-electron chi connectivity index (χ2n) is 4.69. The number of halogens is 1. The van der Waals surface area contributed by atoms with Gasteiger partial charge in [0.15, 0.2) is 5.67 Å². The fraction of sp³-hybridized carbons (Fsp3) is 0.250. The second-order valence-corrected chi connectivity index (χ2v) is 4.69. The number of alkyl halides is 1. The highest BCUT2D eigenvalue weighted by Crippen LogP contribution is 2.35. The molecule has 2 rings (SSSR count). The van der Waals surface area contributed by atoms with Crippen LogP contribution in [0.15, 0.2) is 48.5 Å². The lowest BCUT2D eigenvalue weighted by Gasteiger charge is -2.26. The first-order valence-corrected chi connectivity index (χ1v) is 6.10. The van der Waals surface area contributed by atoms with E-state index in [-0.39, 0.29) is 6.54 Å². The van der Waals surface area contributed by atoms with Gasteiger partial charge in [-0.3, -0.25) is 0 Å². The van der Waals surface area contributed by atoms with E-state index in [1.807, 2.05) is 50.2 Å². The van der Waals surface area contributed by atoms with Crippen molar-refractivity contribution >= 4 is 0 Å². The van der Waals surface area contributed by atoms with Gasteiger partial charge >= 0.3 is 0 Å². The third kappa shape index (κ3) is 2.16. The fourth-order valence-corrected chi connectivity index (χ4v) is 2.34. The summed E-state index contributed by atoms with van der Waals surface area (Å²) in [6, 6.07) is 14.9. The lowest BCUT2D eigenvalue weighted by atomic mass is 9.85. The first kappa shape index (κ1) is 12.8. The van der Waals surface area contributed by atoms with E-state index in [0.717, 1.165) is 11.1 Å². The lowest BCUT2D eigenvalue weighted by molar-refractivity contribution is 0.231. The molecule has 2 aromatic rings. The van der Waals surface area contributed by atoms with Crippen molar-refractivity contribution in [2.75, 3.05) is 6.54 Å². The Bertz CT molecular complexity index is 536. The molecule has 0 aliphatic rings. The molecule has 2 N–H and O–H groups in total. The maximum absolute atomic E-state index is 15.3. The standard InChI is InChI=1S/C16H18FN/c1-12-8-9-15(13(2)10-12)16(17,11-18)14-6-4-3-5-7-14/h3-10H,11,18H2,1-2H3. The number of hydrogen-bond donors (Lipinski definition) is 1. The van der Waals surface area contributed by atoms with Crippen molar-refractivity contribution in [3.8, 4) is 0 Å². The maximum atomic E-state index is 15.3. The Morgan fingerprint density at radius 2 is 1.72 bits per heavy atom. The topological polar surface area (TPSA) is 26.0 Å². The van der Waals surface area contributed by atoms with Gasteiger partial charge in [-0.15, -0.1) is 0 Å². The van der Waals surface area contributed by atoms with E-state index in [9.17, 15) is 0 Å². The molecule has 1 unspecified atom stereocenters. The Hall–Kier alpha value is -1.67. The van der Waals surface area contributed by atoms with Crippen LogP contribution in [-0.4, -0.2) is 6.54 Å². The predicted molar refractivity (Wildman–Crippen MR) is 73.3 cm³/mol. The van der Waals surface area contributed by atoms with Gasteiger partial charge in [0.1, 0.15) is 0 Å². The number of benzene rings is 2. The summed E-state index contributed by atoms with van der Waals surface area (Å²) in [5.41, 5.74) is 7.42. The van der Waals surface area contributed by atoms with Crippen LogP contribution in [-0.2, 0) is 5.67 Å². The van der Waals surface area contributed by atoms with Crippen molar-refractivity contribution in [3.05, 3.63) is 70.8 Å². The molecule has 18 heavy (non-hydrogen) atoms. The number of nitrogens with two attached hydrogens (primary N) is 1. The van der Waals surface area contributed by atoms with Crippen LogP contribution >= 0.6 is 0 Å². The molecule has 0 bridgehead atoms. The van der Waals surface area contributed by atoms with E-state index >= 15 is 4.39 Å². The Labute approximate surface area is 107 Å². The molecule has 94 valence electrons. The summed E-state index contributed by atoms with van der Waals surface area (Å²) in [4.78, 5) is 0. The summed E-state index contributed by atoms with van der Waals surface area (Å²) < 4.78 is 15.3. The third-order valence-electron chi connectivity index (χ3n) is 3.32. The van der Waals surface area contributed by atoms with Crippen LogP contribution in [0.5, 0.6) is 0 Å². The molecule has 0 radical (unpaired) electrons. The Morgan fingerprint density at radius 3 is 2.28 bits per heavy atom. The van der Waals surface area contributed by atoms with Gasteiger partial charge in [-0.2, -0.15) is 0 Å². The smallest absolute Gasteiger partial charge is 0.173 e. The zero-order valence-corrected chi connectivity index (χ0v) is 10.8. The molecular weight excluding hydrogens is 225 g/mol. The number of hydrogen-bond acceptors (Lipinski definition) is 1. The van der Waals surface area contributed by atoms with Crippen molar-refractivity contribution in [1.29, 1.82) is 0 Å². The van der Waals surface area contributed by atoms with Gasteiger partial charge in [-0.1, -0.05) is 54.1 Å². The Balaban J connectivity index is 2.57. The Morgan fingerprint density at radius 1 is 1.06 bits per heavy atom. The minimum absolute atomic E-state index is 0.0546. The predicted octanol–water partition coefficient (Wildman–Crippen LogP) is 3.48. The molecule has 0 aliphatic carbocycles. The van der Waals surface area contributed by atoms with Gasteiger partial charge in [-0.05, 0) is 30.5 Å². The first-order chi connectivity index (χ1) is 8.58. The highest BCUT2D eigenvalue weighted by molar-refractivity contribution is 5.42. The first-order valence-electron chi connectivity index (χ1n) is 6.10. The average Bonchev–Trinajstić information content (AvgIpc) is 2.39. The summed E-state index contributed by atoms with van der Waals surface area (Å²) in [6.45, 7) is 3.87. The van der Waals surface area contributed by atoms with E-state index < -0.39 is 5.67 Å². The molecule has 0 saturated heterocycles. The van der Waals surface area contributed by atoms with E-state index in [0.29, 0.717) is 11.1 Å². The molecule has 0 heterocycles. The minimum Gasteiger partial charge on any atom is -0.327 e. The molecule has 0 spiro atoms. The molecule has 1 nitrogen and oxygen atoms in total. The van der Waals surface area contributed by atoms with Crippen LogP contribution in [0.3, 0.4) is 0 Å². The monoisotopic (exact) mass is 243 g/mol. The molecule has 2 heteroatoms. The van der Waals surface area contributed by atoms with Gasteiger partial charge in [0.25, 0.3) is 0 Å². The highest BCUT2D eigenvalue weighted by atomic mass is 19.1. The van der Waals surface area contributed by atoms with E-state index in [1.165, 1.54) is 0 Å². The van der Waals surface area contributed by atoms with E-state index in [1.54, 1.807) is 12.1 Å². The maximum Gasteiger partial charge on any atom is 0.173 e. The largest absolute Gasteiger partial charge is 0.327 e. The summed E-state index contributed by atoms with van der Waals surface area (Å²) >= 11 is 0. The van der Waals surface area contributed by atoms with Gasteiger partial charge in [0.2, 0.25) is 0 Å². The van der Waals surface area contributed by atoms with Crippen molar-refractivity contribution < 1.29 is 4.39 Å². The van der Waals surface area contributed by atoms with Crippen LogP contribution in [0, 0.1) is 13.8 Å². The van der Waals surface area contributed by atoms with Gasteiger partial charge in [0, 0.05) is 6.54 Å². The zero-order chi connectivity index (χ0) is 13.2.